The number of hydrogen-bond acceptors (Lipinski definition) is 4. The lowest BCUT2D eigenvalue weighted by Gasteiger charge is -2.10. The second kappa shape index (κ2) is 5.04. The van der Waals surface area contributed by atoms with Crippen LogP contribution in [-0.4, -0.2) is 14.9 Å². The third kappa shape index (κ3) is 2.37. The minimum atomic E-state index is -0.400. The average Bonchev–Trinajstić information content (AvgIpc) is 2.30. The zero-order valence-corrected chi connectivity index (χ0v) is 11.2. The summed E-state index contributed by atoms with van der Waals surface area (Å²) < 4.78 is 1.23. The van der Waals surface area contributed by atoms with Crippen molar-refractivity contribution in [3.05, 3.63) is 50.9 Å². The quantitative estimate of drug-likeness (QED) is 0.831. The smallest absolute Gasteiger partial charge is 0.275 e. The second-order valence-corrected chi connectivity index (χ2v) is 4.57. The van der Waals surface area contributed by atoms with Gasteiger partial charge >= 0.3 is 0 Å². The van der Waals surface area contributed by atoms with Crippen LogP contribution in [0.15, 0.2) is 29.1 Å². The highest BCUT2D eigenvalue weighted by molar-refractivity contribution is 7.79. The summed E-state index contributed by atoms with van der Waals surface area (Å²) >= 11 is 9.92. The van der Waals surface area contributed by atoms with Crippen molar-refractivity contribution in [2.45, 2.75) is 12.7 Å². The maximum Gasteiger partial charge on any atom is 0.275 e. The number of rotatable bonds is 2. The number of aromatic nitrogens is 2. The fourth-order valence-electron chi connectivity index (χ4n) is 1.62. The Morgan fingerprint density at radius 2 is 2.17 bits per heavy atom. The first-order valence-corrected chi connectivity index (χ1v) is 6.23. The summed E-state index contributed by atoms with van der Waals surface area (Å²) in [6, 6.07) is 6.28. The number of aromatic hydroxyl groups is 1. The van der Waals surface area contributed by atoms with Crippen molar-refractivity contribution in [1.82, 2.24) is 9.78 Å². The second-order valence-electron chi connectivity index (χ2n) is 3.82. The Bertz CT molecular complexity index is 655. The lowest BCUT2D eigenvalue weighted by atomic mass is 10.2. The molecule has 1 heterocycles. The monoisotopic (exact) mass is 282 g/mol. The molecule has 1 aromatic carbocycles. The van der Waals surface area contributed by atoms with Gasteiger partial charge in [0.2, 0.25) is 0 Å². The lowest BCUT2D eigenvalue weighted by molar-refractivity contribution is 0.460. The molecule has 1 N–H and O–H groups in total. The highest BCUT2D eigenvalue weighted by Crippen LogP contribution is 2.19. The zero-order valence-electron chi connectivity index (χ0n) is 9.59. The third-order valence-corrected chi connectivity index (χ3v) is 3.06. The molecule has 0 spiro atoms. The molecule has 0 aliphatic heterocycles. The molecular weight excluding hydrogens is 272 g/mol. The van der Waals surface area contributed by atoms with Gasteiger partial charge < -0.3 is 5.11 Å². The maximum atomic E-state index is 11.8. The van der Waals surface area contributed by atoms with E-state index in [0.717, 1.165) is 11.6 Å². The number of halogens is 1. The maximum absolute atomic E-state index is 11.8. The Labute approximate surface area is 114 Å². The predicted octanol–water partition coefficient (Wildman–Crippen LogP) is 2.33. The molecule has 0 unspecified atom stereocenters. The Balaban J connectivity index is 2.67. The molecule has 18 heavy (non-hydrogen) atoms. The van der Waals surface area contributed by atoms with Gasteiger partial charge in [-0.25, -0.2) is 0 Å². The van der Waals surface area contributed by atoms with Gasteiger partial charge in [-0.15, -0.1) is 0 Å². The van der Waals surface area contributed by atoms with Crippen molar-refractivity contribution < 1.29 is 5.11 Å². The first-order chi connectivity index (χ1) is 8.52. The van der Waals surface area contributed by atoms with Gasteiger partial charge in [0.1, 0.15) is 11.4 Å². The summed E-state index contributed by atoms with van der Waals surface area (Å²) in [5.74, 6) is 0.108. The summed E-state index contributed by atoms with van der Waals surface area (Å²) in [5, 5.41) is 14.2. The molecular formula is C12H11ClN2O2S. The number of nitrogens with zero attached hydrogens (tertiary/aromatic N) is 2. The van der Waals surface area contributed by atoms with Gasteiger partial charge in [0.25, 0.3) is 5.56 Å². The topological polar surface area (TPSA) is 55.1 Å². The van der Waals surface area contributed by atoms with E-state index in [9.17, 15) is 9.90 Å². The van der Waals surface area contributed by atoms with Gasteiger partial charge in [-0.2, -0.15) is 22.4 Å². The predicted molar refractivity (Wildman–Crippen MR) is 73.9 cm³/mol. The van der Waals surface area contributed by atoms with Crippen LogP contribution >= 0.6 is 24.2 Å². The van der Waals surface area contributed by atoms with Crippen LogP contribution in [0.25, 0.3) is 5.69 Å². The fourth-order valence-corrected chi connectivity index (χ4v) is 2.08. The molecule has 0 aliphatic rings. The Kier molecular flexibility index (Phi) is 3.63. The van der Waals surface area contributed by atoms with Gasteiger partial charge in [-0.05, 0) is 30.7 Å². The van der Waals surface area contributed by atoms with E-state index in [1.54, 1.807) is 18.2 Å². The molecule has 0 bridgehead atoms. The van der Waals surface area contributed by atoms with Crippen LogP contribution in [0.4, 0.5) is 0 Å². The highest BCUT2D eigenvalue weighted by Gasteiger charge is 2.10. The van der Waals surface area contributed by atoms with Gasteiger partial charge in [0, 0.05) is 16.8 Å². The van der Waals surface area contributed by atoms with Crippen LogP contribution in [0.1, 0.15) is 11.3 Å². The lowest BCUT2D eigenvalue weighted by Crippen LogP contribution is -2.22. The Morgan fingerprint density at radius 3 is 2.78 bits per heavy atom. The zero-order chi connectivity index (χ0) is 13.3. The highest BCUT2D eigenvalue weighted by atomic mass is 35.5. The fraction of sp³-hybridized carbons (Fsp3) is 0.167. The van der Waals surface area contributed by atoms with Crippen molar-refractivity contribution in [3.8, 4) is 11.4 Å². The third-order valence-electron chi connectivity index (χ3n) is 2.52. The molecule has 2 rings (SSSR count). The normalized spacial score (nSPS) is 10.6. The van der Waals surface area contributed by atoms with Gasteiger partial charge in [0.15, 0.2) is 0 Å². The van der Waals surface area contributed by atoms with Crippen LogP contribution < -0.4 is 5.56 Å². The average molecular weight is 283 g/mol. The molecule has 0 saturated carbocycles. The van der Waals surface area contributed by atoms with Crippen LogP contribution in [0.3, 0.4) is 0 Å². The molecule has 0 saturated heterocycles. The Hall–Kier alpha value is -1.46. The van der Waals surface area contributed by atoms with Crippen LogP contribution in [0.5, 0.6) is 5.75 Å². The molecule has 94 valence electrons. The molecule has 6 heteroatoms. The Morgan fingerprint density at radius 1 is 1.44 bits per heavy atom. The summed E-state index contributed by atoms with van der Waals surface area (Å²) in [7, 11) is 0. The van der Waals surface area contributed by atoms with E-state index < -0.39 is 5.56 Å². The number of hydrogen-bond donors (Lipinski definition) is 2. The van der Waals surface area contributed by atoms with Crippen LogP contribution in [0.2, 0.25) is 5.02 Å². The van der Waals surface area contributed by atoms with Crippen molar-refractivity contribution in [3.63, 3.8) is 0 Å². The van der Waals surface area contributed by atoms with Crippen molar-refractivity contribution >= 4 is 24.2 Å². The van der Waals surface area contributed by atoms with E-state index in [1.165, 1.54) is 4.68 Å². The van der Waals surface area contributed by atoms with Crippen LogP contribution in [-0.2, 0) is 5.75 Å². The molecule has 0 radical (unpaired) electrons. The molecule has 0 amide bonds. The molecule has 2 aromatic rings. The summed E-state index contributed by atoms with van der Waals surface area (Å²) in [5.41, 5.74) is 1.41. The van der Waals surface area contributed by atoms with E-state index in [4.69, 9.17) is 11.6 Å². The van der Waals surface area contributed by atoms with Crippen molar-refractivity contribution in [1.29, 1.82) is 0 Å². The van der Waals surface area contributed by atoms with E-state index in [2.05, 4.69) is 17.7 Å². The van der Waals surface area contributed by atoms with Crippen molar-refractivity contribution in [2.24, 2.45) is 0 Å². The van der Waals surface area contributed by atoms with E-state index in [0.29, 0.717) is 16.4 Å². The SMILES string of the molecule is Cc1cc(Cl)ccc1-n1nc(CS)c(O)cc1=O. The minimum absolute atomic E-state index is 0.141. The molecule has 1 aromatic heterocycles. The number of aryl methyl sites for hydroxylation is 1. The van der Waals surface area contributed by atoms with E-state index in [1.807, 2.05) is 6.92 Å². The largest absolute Gasteiger partial charge is 0.506 e. The first kappa shape index (κ1) is 13.0. The van der Waals surface area contributed by atoms with Gasteiger partial charge in [-0.3, -0.25) is 4.79 Å². The first-order valence-electron chi connectivity index (χ1n) is 5.22. The molecule has 0 fully saturated rings. The summed E-state index contributed by atoms with van der Waals surface area (Å²) in [6.07, 6.45) is 0. The summed E-state index contributed by atoms with van der Waals surface area (Å²) in [4.78, 5) is 11.8. The summed E-state index contributed by atoms with van der Waals surface area (Å²) in [6.45, 7) is 1.84. The number of thiol groups is 1. The van der Waals surface area contributed by atoms with Crippen molar-refractivity contribution in [2.75, 3.05) is 0 Å². The van der Waals surface area contributed by atoms with E-state index in [-0.39, 0.29) is 11.5 Å². The standard InChI is InChI=1S/C12H11ClN2O2S/c1-7-4-8(13)2-3-10(7)15-12(17)5-11(16)9(6-18)14-15/h2-5,16,18H,6H2,1H3. The number of benzene rings is 1. The molecule has 4 nitrogen and oxygen atoms in total. The van der Waals surface area contributed by atoms with E-state index >= 15 is 0 Å². The van der Waals surface area contributed by atoms with Crippen LogP contribution in [0, 0.1) is 6.92 Å². The van der Waals surface area contributed by atoms with Gasteiger partial charge in [-0.1, -0.05) is 11.6 Å². The molecule has 0 atom stereocenters. The molecule has 0 aliphatic carbocycles. The van der Waals surface area contributed by atoms with Gasteiger partial charge in [0.05, 0.1) is 5.69 Å². The minimum Gasteiger partial charge on any atom is -0.506 e.